The van der Waals surface area contributed by atoms with Crippen molar-refractivity contribution in [1.82, 2.24) is 0 Å². The summed E-state index contributed by atoms with van der Waals surface area (Å²) in [7, 11) is -3.94. The van der Waals surface area contributed by atoms with Gasteiger partial charge >= 0.3 is 10.1 Å². The maximum absolute atomic E-state index is 11.8. The van der Waals surface area contributed by atoms with Gasteiger partial charge in [0.05, 0.1) is 16.3 Å². The van der Waals surface area contributed by atoms with Crippen molar-refractivity contribution in [3.05, 3.63) is 64.1 Å². The van der Waals surface area contributed by atoms with Crippen LogP contribution in [0.25, 0.3) is 0 Å². The van der Waals surface area contributed by atoms with Crippen molar-refractivity contribution in [2.45, 2.75) is 4.90 Å². The highest BCUT2D eigenvalue weighted by Crippen LogP contribution is 2.22. The molecule has 4 nitrogen and oxygen atoms in total. The first-order valence-electron chi connectivity index (χ1n) is 5.47. The van der Waals surface area contributed by atoms with Gasteiger partial charge in [0.1, 0.15) is 4.90 Å². The summed E-state index contributed by atoms with van der Waals surface area (Å²) in [4.78, 5) is 0.0161. The molecule has 2 aromatic carbocycles. The van der Waals surface area contributed by atoms with Gasteiger partial charge in [0.25, 0.3) is 0 Å². The first-order valence-corrected chi connectivity index (χ1v) is 7.63. The van der Waals surface area contributed by atoms with Crippen LogP contribution in [0.15, 0.2) is 58.6 Å². The monoisotopic (exact) mass is 329 g/mol. The van der Waals surface area contributed by atoms with Gasteiger partial charge in [-0.2, -0.15) is 8.42 Å². The fourth-order valence-electron chi connectivity index (χ4n) is 1.40. The maximum atomic E-state index is 11.8. The van der Waals surface area contributed by atoms with Gasteiger partial charge in [-0.05, 0) is 24.3 Å². The first kappa shape index (κ1) is 14.8. The summed E-state index contributed by atoms with van der Waals surface area (Å²) in [5.41, 5.74) is 0.388. The SMILES string of the molecule is O=S(=O)(O/N=C\c1c(Cl)cccc1Cl)c1ccccc1. The third kappa shape index (κ3) is 3.50. The largest absolute Gasteiger partial charge is 0.358 e. The molecule has 104 valence electrons. The molecule has 0 saturated heterocycles. The van der Waals surface area contributed by atoms with E-state index in [0.29, 0.717) is 15.6 Å². The van der Waals surface area contributed by atoms with E-state index in [9.17, 15) is 8.42 Å². The van der Waals surface area contributed by atoms with Crippen molar-refractivity contribution >= 4 is 39.5 Å². The highest BCUT2D eigenvalue weighted by Gasteiger charge is 2.14. The maximum Gasteiger partial charge on any atom is 0.358 e. The van der Waals surface area contributed by atoms with Crippen molar-refractivity contribution in [2.24, 2.45) is 5.16 Å². The molecule has 0 unspecified atom stereocenters. The van der Waals surface area contributed by atoms with Crippen LogP contribution in [0.4, 0.5) is 0 Å². The van der Waals surface area contributed by atoms with E-state index in [4.69, 9.17) is 23.2 Å². The van der Waals surface area contributed by atoms with Gasteiger partial charge in [-0.25, -0.2) is 0 Å². The average molecular weight is 330 g/mol. The molecule has 0 aliphatic rings. The lowest BCUT2D eigenvalue weighted by atomic mass is 10.2. The van der Waals surface area contributed by atoms with Crippen LogP contribution in [-0.4, -0.2) is 14.6 Å². The van der Waals surface area contributed by atoms with Crippen molar-refractivity contribution < 1.29 is 12.7 Å². The molecule has 2 aromatic rings. The number of halogens is 2. The topological polar surface area (TPSA) is 55.7 Å². The van der Waals surface area contributed by atoms with E-state index < -0.39 is 10.1 Å². The van der Waals surface area contributed by atoms with Gasteiger partial charge in [-0.1, -0.05) is 52.6 Å². The van der Waals surface area contributed by atoms with Crippen LogP contribution < -0.4 is 0 Å². The summed E-state index contributed by atoms with van der Waals surface area (Å²) >= 11 is 11.8. The lowest BCUT2D eigenvalue weighted by Gasteiger charge is -2.02. The lowest BCUT2D eigenvalue weighted by Crippen LogP contribution is -2.02. The minimum absolute atomic E-state index is 0.0161. The van der Waals surface area contributed by atoms with Crippen molar-refractivity contribution in [3.63, 3.8) is 0 Å². The van der Waals surface area contributed by atoms with E-state index in [-0.39, 0.29) is 4.90 Å². The predicted molar refractivity (Wildman–Crippen MR) is 78.8 cm³/mol. The molecule has 20 heavy (non-hydrogen) atoms. The third-order valence-corrected chi connectivity index (χ3v) is 4.15. The smallest absolute Gasteiger partial charge is 0.265 e. The van der Waals surface area contributed by atoms with E-state index in [1.807, 2.05) is 0 Å². The molecule has 0 saturated carbocycles. The molecule has 0 bridgehead atoms. The highest BCUT2D eigenvalue weighted by atomic mass is 35.5. The molecular weight excluding hydrogens is 321 g/mol. The van der Waals surface area contributed by atoms with Gasteiger partial charge in [0, 0.05) is 5.56 Å². The van der Waals surface area contributed by atoms with Crippen LogP contribution >= 0.6 is 23.2 Å². The van der Waals surface area contributed by atoms with Crippen molar-refractivity contribution in [2.75, 3.05) is 0 Å². The van der Waals surface area contributed by atoms with Crippen LogP contribution in [0.5, 0.6) is 0 Å². The average Bonchev–Trinajstić information content (AvgIpc) is 2.43. The molecule has 7 heteroatoms. The molecule has 0 fully saturated rings. The Labute approximate surface area is 126 Å². The Bertz CT molecular complexity index is 710. The van der Waals surface area contributed by atoms with Crippen LogP contribution in [0.3, 0.4) is 0 Å². The minimum Gasteiger partial charge on any atom is -0.265 e. The van der Waals surface area contributed by atoms with Crippen molar-refractivity contribution in [1.29, 1.82) is 0 Å². The van der Waals surface area contributed by atoms with E-state index >= 15 is 0 Å². The van der Waals surface area contributed by atoms with Crippen molar-refractivity contribution in [3.8, 4) is 0 Å². The van der Waals surface area contributed by atoms with Crippen LogP contribution in [0.1, 0.15) is 5.56 Å². The molecule has 0 heterocycles. The predicted octanol–water partition coefficient (Wildman–Crippen LogP) is 3.73. The van der Waals surface area contributed by atoms with Crippen LogP contribution in [-0.2, 0) is 14.4 Å². The van der Waals surface area contributed by atoms with Gasteiger partial charge in [0.15, 0.2) is 0 Å². The van der Waals surface area contributed by atoms with Crippen LogP contribution in [0, 0.1) is 0 Å². The number of benzene rings is 2. The zero-order valence-corrected chi connectivity index (χ0v) is 12.4. The molecule has 0 spiro atoms. The fourth-order valence-corrected chi connectivity index (χ4v) is 2.62. The minimum atomic E-state index is -3.94. The Morgan fingerprint density at radius 2 is 1.55 bits per heavy atom. The summed E-state index contributed by atoms with van der Waals surface area (Å²) in [5, 5.41) is 4.13. The lowest BCUT2D eigenvalue weighted by molar-refractivity contribution is 0.341. The summed E-state index contributed by atoms with van der Waals surface area (Å²) in [6.45, 7) is 0. The molecular formula is C13H9Cl2NO3S. The Hall–Kier alpha value is -1.56. The first-order chi connectivity index (χ1) is 9.50. The molecule has 2 rings (SSSR count). The van der Waals surface area contributed by atoms with Gasteiger partial charge in [-0.3, -0.25) is 4.28 Å². The summed E-state index contributed by atoms with van der Waals surface area (Å²) in [6, 6.07) is 12.6. The second-order valence-corrected chi connectivity index (χ2v) is 6.05. The Balaban J connectivity index is 2.19. The summed E-state index contributed by atoms with van der Waals surface area (Å²) in [5.74, 6) is 0. The molecule has 0 atom stereocenters. The molecule has 0 aromatic heterocycles. The third-order valence-electron chi connectivity index (χ3n) is 2.35. The Morgan fingerprint density at radius 3 is 2.15 bits per heavy atom. The van der Waals surface area contributed by atoms with Gasteiger partial charge < -0.3 is 0 Å². The van der Waals surface area contributed by atoms with E-state index in [0.717, 1.165) is 6.21 Å². The van der Waals surface area contributed by atoms with Gasteiger partial charge in [-0.15, -0.1) is 0 Å². The number of hydrogen-bond acceptors (Lipinski definition) is 4. The summed E-state index contributed by atoms with van der Waals surface area (Å²) < 4.78 is 28.1. The number of oxime groups is 1. The number of hydrogen-bond donors (Lipinski definition) is 0. The quantitative estimate of drug-likeness (QED) is 0.634. The molecule has 0 N–H and O–H groups in total. The number of nitrogens with zero attached hydrogens (tertiary/aromatic N) is 1. The zero-order valence-electron chi connectivity index (χ0n) is 10.0. The Morgan fingerprint density at radius 1 is 0.950 bits per heavy atom. The Kier molecular flexibility index (Phi) is 4.65. The standard InChI is InChI=1S/C13H9Cl2NO3S/c14-12-7-4-8-13(15)11(12)9-16-19-20(17,18)10-5-2-1-3-6-10/h1-9H/b16-9-. The molecule has 0 radical (unpaired) electrons. The molecule has 0 amide bonds. The number of rotatable bonds is 4. The van der Waals surface area contributed by atoms with E-state index in [1.54, 1.807) is 36.4 Å². The van der Waals surface area contributed by atoms with E-state index in [1.165, 1.54) is 12.1 Å². The second-order valence-electron chi connectivity index (χ2n) is 3.71. The molecule has 0 aliphatic carbocycles. The van der Waals surface area contributed by atoms with Gasteiger partial charge in [0.2, 0.25) is 0 Å². The highest BCUT2D eigenvalue weighted by molar-refractivity contribution is 7.86. The molecule has 0 aliphatic heterocycles. The zero-order chi connectivity index (χ0) is 14.6. The normalized spacial score (nSPS) is 11.7. The van der Waals surface area contributed by atoms with E-state index in [2.05, 4.69) is 9.44 Å². The van der Waals surface area contributed by atoms with Crippen LogP contribution in [0.2, 0.25) is 10.0 Å². The second kappa shape index (κ2) is 6.26. The summed E-state index contributed by atoms with van der Waals surface area (Å²) in [6.07, 6.45) is 1.16. The fraction of sp³-hybridized carbons (Fsp3) is 0.